The molecule has 1 aromatic rings. The highest BCUT2D eigenvalue weighted by Gasteiger charge is 2.15. The minimum atomic E-state index is 0.174. The summed E-state index contributed by atoms with van der Waals surface area (Å²) < 4.78 is 6.16. The first-order valence-electron chi connectivity index (χ1n) is 7.09. The fourth-order valence-electron chi connectivity index (χ4n) is 1.97. The summed E-state index contributed by atoms with van der Waals surface area (Å²) in [6, 6.07) is 6.14. The number of aryl methyl sites for hydroxylation is 1. The highest BCUT2D eigenvalue weighted by molar-refractivity contribution is 9.10. The van der Waals surface area contributed by atoms with E-state index in [-0.39, 0.29) is 5.91 Å². The summed E-state index contributed by atoms with van der Waals surface area (Å²) >= 11 is 5.06. The van der Waals surface area contributed by atoms with Crippen molar-refractivity contribution in [2.45, 2.75) is 25.7 Å². The van der Waals surface area contributed by atoms with Crippen LogP contribution in [0, 0.1) is 12.8 Å². The number of ether oxygens (including phenoxy) is 1. The van der Waals surface area contributed by atoms with Crippen LogP contribution < -0.4 is 0 Å². The minimum absolute atomic E-state index is 0.174. The van der Waals surface area contributed by atoms with E-state index in [0.717, 1.165) is 15.9 Å². The van der Waals surface area contributed by atoms with Crippen LogP contribution in [0.4, 0.5) is 0 Å². The molecule has 0 saturated carbocycles. The Hall–Kier alpha value is -0.520. The zero-order valence-electron chi connectivity index (χ0n) is 13.2. The Labute approximate surface area is 140 Å². The predicted molar refractivity (Wildman–Crippen MR) is 92.9 cm³/mol. The molecule has 1 rings (SSSR count). The SMILES string of the molecule is COCCN(CC(C)C)C(=O)CSc1ccc(Br)cc1C. The van der Waals surface area contributed by atoms with Gasteiger partial charge in [-0.1, -0.05) is 29.8 Å². The van der Waals surface area contributed by atoms with Crippen LogP contribution in [0.15, 0.2) is 27.6 Å². The topological polar surface area (TPSA) is 29.5 Å². The number of benzene rings is 1. The van der Waals surface area contributed by atoms with E-state index in [1.54, 1.807) is 18.9 Å². The second-order valence-corrected chi connectivity index (χ2v) is 7.36. The van der Waals surface area contributed by atoms with E-state index < -0.39 is 0 Å². The lowest BCUT2D eigenvalue weighted by Gasteiger charge is -2.24. The third kappa shape index (κ3) is 6.85. The molecule has 0 heterocycles. The maximum atomic E-state index is 12.4. The van der Waals surface area contributed by atoms with Crippen LogP contribution in [0.1, 0.15) is 19.4 Å². The second kappa shape index (κ2) is 9.49. The van der Waals surface area contributed by atoms with Gasteiger partial charge in [-0.3, -0.25) is 4.79 Å². The van der Waals surface area contributed by atoms with Crippen molar-refractivity contribution in [3.63, 3.8) is 0 Å². The van der Waals surface area contributed by atoms with Crippen molar-refractivity contribution in [1.29, 1.82) is 0 Å². The van der Waals surface area contributed by atoms with Crippen LogP contribution in [0.2, 0.25) is 0 Å². The lowest BCUT2D eigenvalue weighted by Crippen LogP contribution is -2.37. The Morgan fingerprint density at radius 2 is 2.14 bits per heavy atom. The van der Waals surface area contributed by atoms with E-state index in [4.69, 9.17) is 4.74 Å². The Morgan fingerprint density at radius 1 is 1.43 bits per heavy atom. The van der Waals surface area contributed by atoms with Crippen LogP contribution in [0.25, 0.3) is 0 Å². The maximum Gasteiger partial charge on any atom is 0.233 e. The van der Waals surface area contributed by atoms with Crippen molar-refractivity contribution in [1.82, 2.24) is 4.90 Å². The number of thioether (sulfide) groups is 1. The maximum absolute atomic E-state index is 12.4. The summed E-state index contributed by atoms with van der Waals surface area (Å²) in [6.45, 7) is 8.34. The molecule has 0 aromatic heterocycles. The van der Waals surface area contributed by atoms with Crippen LogP contribution in [-0.2, 0) is 9.53 Å². The third-order valence-electron chi connectivity index (χ3n) is 2.99. The fraction of sp³-hybridized carbons (Fsp3) is 0.562. The molecule has 0 bridgehead atoms. The molecule has 0 saturated heterocycles. The molecule has 0 spiro atoms. The van der Waals surface area contributed by atoms with Crippen LogP contribution in [0.3, 0.4) is 0 Å². The zero-order valence-corrected chi connectivity index (χ0v) is 15.6. The summed E-state index contributed by atoms with van der Waals surface area (Å²) in [5, 5.41) is 0. The van der Waals surface area contributed by atoms with Crippen molar-refractivity contribution in [3.8, 4) is 0 Å². The van der Waals surface area contributed by atoms with Crippen molar-refractivity contribution >= 4 is 33.6 Å². The second-order valence-electron chi connectivity index (χ2n) is 5.42. The molecule has 0 N–H and O–H groups in total. The van der Waals surface area contributed by atoms with Crippen molar-refractivity contribution in [3.05, 3.63) is 28.2 Å². The number of carbonyl (C=O) groups is 1. The van der Waals surface area contributed by atoms with E-state index >= 15 is 0 Å². The summed E-state index contributed by atoms with van der Waals surface area (Å²) in [4.78, 5) is 15.4. The first kappa shape index (κ1) is 18.5. The fourth-order valence-corrected chi connectivity index (χ4v) is 3.35. The van der Waals surface area contributed by atoms with Gasteiger partial charge in [0.25, 0.3) is 0 Å². The van der Waals surface area contributed by atoms with Gasteiger partial charge in [-0.15, -0.1) is 11.8 Å². The molecule has 0 aliphatic rings. The normalized spacial score (nSPS) is 11.0. The Kier molecular flexibility index (Phi) is 8.37. The van der Waals surface area contributed by atoms with E-state index in [1.807, 2.05) is 11.0 Å². The monoisotopic (exact) mass is 373 g/mol. The van der Waals surface area contributed by atoms with Gasteiger partial charge in [0.05, 0.1) is 12.4 Å². The number of nitrogens with zero attached hydrogens (tertiary/aromatic N) is 1. The highest BCUT2D eigenvalue weighted by atomic mass is 79.9. The summed E-state index contributed by atoms with van der Waals surface area (Å²) in [7, 11) is 1.66. The molecule has 0 atom stereocenters. The molecule has 0 aliphatic heterocycles. The number of amides is 1. The average molecular weight is 374 g/mol. The summed E-state index contributed by atoms with van der Waals surface area (Å²) in [5.74, 6) is 1.11. The first-order valence-corrected chi connectivity index (χ1v) is 8.87. The third-order valence-corrected chi connectivity index (χ3v) is 4.65. The van der Waals surface area contributed by atoms with Gasteiger partial charge in [-0.2, -0.15) is 0 Å². The predicted octanol–water partition coefficient (Wildman–Crippen LogP) is 3.98. The molecular weight excluding hydrogens is 350 g/mol. The lowest BCUT2D eigenvalue weighted by molar-refractivity contribution is -0.129. The zero-order chi connectivity index (χ0) is 15.8. The van der Waals surface area contributed by atoms with Gasteiger partial charge in [-0.25, -0.2) is 0 Å². The van der Waals surface area contributed by atoms with Crippen molar-refractivity contribution in [2.75, 3.05) is 32.6 Å². The number of rotatable bonds is 8. The van der Waals surface area contributed by atoms with Gasteiger partial charge in [0, 0.05) is 29.6 Å². The van der Waals surface area contributed by atoms with E-state index in [9.17, 15) is 4.79 Å². The molecule has 0 aliphatic carbocycles. The van der Waals surface area contributed by atoms with Gasteiger partial charge in [-0.05, 0) is 36.6 Å². The lowest BCUT2D eigenvalue weighted by atomic mass is 10.2. The summed E-state index contributed by atoms with van der Waals surface area (Å²) in [5.41, 5.74) is 1.19. The Bertz CT molecular complexity index is 466. The van der Waals surface area contributed by atoms with Gasteiger partial charge in [0.15, 0.2) is 0 Å². The summed E-state index contributed by atoms with van der Waals surface area (Å²) in [6.07, 6.45) is 0. The smallest absolute Gasteiger partial charge is 0.233 e. The van der Waals surface area contributed by atoms with Crippen molar-refractivity contribution in [2.24, 2.45) is 5.92 Å². The minimum Gasteiger partial charge on any atom is -0.383 e. The van der Waals surface area contributed by atoms with Gasteiger partial charge >= 0.3 is 0 Å². The molecule has 21 heavy (non-hydrogen) atoms. The number of methoxy groups -OCH3 is 1. The number of hydrogen-bond donors (Lipinski definition) is 0. The Balaban J connectivity index is 2.59. The molecular formula is C16H24BrNO2S. The van der Waals surface area contributed by atoms with E-state index in [2.05, 4.69) is 48.8 Å². The largest absolute Gasteiger partial charge is 0.383 e. The number of hydrogen-bond acceptors (Lipinski definition) is 3. The van der Waals surface area contributed by atoms with E-state index in [1.165, 1.54) is 5.56 Å². The van der Waals surface area contributed by atoms with Gasteiger partial charge < -0.3 is 9.64 Å². The highest BCUT2D eigenvalue weighted by Crippen LogP contribution is 2.25. The standard InChI is InChI=1S/C16H24BrNO2S/c1-12(2)10-18(7-8-20-4)16(19)11-21-15-6-5-14(17)9-13(15)3/h5-6,9,12H,7-8,10-11H2,1-4H3. The molecule has 3 nitrogen and oxygen atoms in total. The molecule has 0 fully saturated rings. The molecule has 0 unspecified atom stereocenters. The average Bonchev–Trinajstić information content (AvgIpc) is 2.41. The quantitative estimate of drug-likeness (QED) is 0.645. The van der Waals surface area contributed by atoms with Crippen molar-refractivity contribution < 1.29 is 9.53 Å². The molecule has 1 amide bonds. The Morgan fingerprint density at radius 3 is 2.71 bits per heavy atom. The van der Waals surface area contributed by atoms with Gasteiger partial charge in [0.2, 0.25) is 5.91 Å². The van der Waals surface area contributed by atoms with Crippen LogP contribution in [0.5, 0.6) is 0 Å². The first-order chi connectivity index (χ1) is 9.93. The molecule has 1 aromatic carbocycles. The number of carbonyl (C=O) groups excluding carboxylic acids is 1. The molecule has 0 radical (unpaired) electrons. The molecule has 5 heteroatoms. The van der Waals surface area contributed by atoms with Crippen LogP contribution in [-0.4, -0.2) is 43.4 Å². The van der Waals surface area contributed by atoms with Gasteiger partial charge in [0.1, 0.15) is 0 Å². The van der Waals surface area contributed by atoms with Crippen LogP contribution >= 0.6 is 27.7 Å². The molecule has 118 valence electrons. The van der Waals surface area contributed by atoms with E-state index in [0.29, 0.717) is 24.8 Å². The number of halogens is 1.